The molecule has 0 spiro atoms. The molecule has 1 amide bonds. The van der Waals surface area contributed by atoms with Gasteiger partial charge in [0, 0.05) is 0 Å². The van der Waals surface area contributed by atoms with Crippen molar-refractivity contribution in [2.45, 2.75) is 90.0 Å². The molecule has 1 heterocycles. The maximum atomic E-state index is 13.7. The zero-order valence-corrected chi connectivity index (χ0v) is 20.5. The third kappa shape index (κ3) is 10.5. The van der Waals surface area contributed by atoms with Crippen molar-refractivity contribution >= 4 is 17.7 Å². The first-order valence-corrected chi connectivity index (χ1v) is 11.0. The van der Waals surface area contributed by atoms with Crippen molar-refractivity contribution in [2.24, 2.45) is 0 Å². The van der Waals surface area contributed by atoms with E-state index >= 15 is 0 Å². The molecule has 1 aromatic heterocycles. The van der Waals surface area contributed by atoms with E-state index < -0.39 is 71.5 Å². The van der Waals surface area contributed by atoms with Gasteiger partial charge in [-0.15, -0.1) is 0 Å². The Balaban J connectivity index is 3.05. The van der Waals surface area contributed by atoms with E-state index in [1.165, 1.54) is 27.7 Å². The highest BCUT2D eigenvalue weighted by Gasteiger charge is 2.39. The number of carbonyl (C=O) groups is 2. The predicted molar refractivity (Wildman–Crippen MR) is 116 cm³/mol. The number of amides is 1. The second kappa shape index (κ2) is 12.5. The Kier molecular flexibility index (Phi) is 10.8. The SMILES string of the molecule is COC(=O)c1nc(O[C@H](C)CCCCCC(O)C(F)(F)F)c(C(F)(F)F)cc1NC(=O)OC(C)(C)C. The van der Waals surface area contributed by atoms with Crippen LogP contribution in [0.3, 0.4) is 0 Å². The van der Waals surface area contributed by atoms with Crippen LogP contribution in [-0.2, 0) is 15.7 Å². The molecule has 8 nitrogen and oxygen atoms in total. The van der Waals surface area contributed by atoms with Crippen molar-refractivity contribution in [1.82, 2.24) is 4.98 Å². The number of halogens is 6. The van der Waals surface area contributed by atoms with Crippen molar-refractivity contribution in [1.29, 1.82) is 0 Å². The smallest absolute Gasteiger partial charge is 0.421 e. The normalized spacial score (nSPS) is 14.1. The zero-order chi connectivity index (χ0) is 27.9. The number of ether oxygens (including phenoxy) is 3. The summed E-state index contributed by atoms with van der Waals surface area (Å²) < 4.78 is 93.0. The second-order valence-electron chi connectivity index (χ2n) is 8.98. The van der Waals surface area contributed by atoms with Gasteiger partial charge in [0.25, 0.3) is 0 Å². The average molecular weight is 532 g/mol. The number of unbranched alkanes of at least 4 members (excludes halogenated alkanes) is 2. The molecule has 36 heavy (non-hydrogen) atoms. The summed E-state index contributed by atoms with van der Waals surface area (Å²) in [5.74, 6) is -2.08. The Morgan fingerprint density at radius 1 is 1.06 bits per heavy atom. The number of nitrogens with zero attached hydrogens (tertiary/aromatic N) is 1. The lowest BCUT2D eigenvalue weighted by Crippen LogP contribution is -2.28. The first-order valence-electron chi connectivity index (χ1n) is 11.0. The Labute approximate surface area is 204 Å². The number of carbonyl (C=O) groups excluding carboxylic acids is 2. The van der Waals surface area contributed by atoms with Gasteiger partial charge in [-0.1, -0.05) is 12.8 Å². The molecule has 1 rings (SSSR count). The lowest BCUT2D eigenvalue weighted by Gasteiger charge is -2.22. The highest BCUT2D eigenvalue weighted by molar-refractivity contribution is 5.98. The standard InChI is InChI=1S/C22H30F6N2O6/c1-12(9-7-6-8-10-15(31)22(26,27)28)35-17-13(21(23,24)25)11-14(16(30-17)18(32)34-5)29-19(33)36-20(2,3)4/h11-12,15,31H,6-10H2,1-5H3,(H,29,33)/t12-,15?/m1/s1. The lowest BCUT2D eigenvalue weighted by molar-refractivity contribution is -0.205. The number of pyridine rings is 1. The summed E-state index contributed by atoms with van der Waals surface area (Å²) in [5.41, 5.74) is -3.60. The molecule has 0 bridgehead atoms. The monoisotopic (exact) mass is 532 g/mol. The number of aliphatic hydroxyl groups excluding tert-OH is 1. The largest absolute Gasteiger partial charge is 0.474 e. The maximum Gasteiger partial charge on any atom is 0.421 e. The van der Waals surface area contributed by atoms with Crippen molar-refractivity contribution in [3.8, 4) is 5.88 Å². The highest BCUT2D eigenvalue weighted by Crippen LogP contribution is 2.38. The van der Waals surface area contributed by atoms with E-state index in [1.54, 1.807) is 0 Å². The minimum absolute atomic E-state index is 0.0525. The molecule has 14 heteroatoms. The first-order chi connectivity index (χ1) is 16.3. The molecule has 206 valence electrons. The molecule has 0 aliphatic rings. The minimum Gasteiger partial charge on any atom is -0.474 e. The third-order valence-electron chi connectivity index (χ3n) is 4.59. The van der Waals surface area contributed by atoms with Gasteiger partial charge in [0.1, 0.15) is 17.3 Å². The average Bonchev–Trinajstić information content (AvgIpc) is 2.70. The number of aromatic nitrogens is 1. The Bertz CT molecular complexity index is 899. The summed E-state index contributed by atoms with van der Waals surface area (Å²) >= 11 is 0. The predicted octanol–water partition coefficient (Wildman–Crippen LogP) is 5.88. The van der Waals surface area contributed by atoms with Crippen LogP contribution in [0, 0.1) is 0 Å². The number of methoxy groups -OCH3 is 1. The minimum atomic E-state index is -4.98. The van der Waals surface area contributed by atoms with E-state index in [-0.39, 0.29) is 19.3 Å². The van der Waals surface area contributed by atoms with Gasteiger partial charge in [-0.2, -0.15) is 26.3 Å². The van der Waals surface area contributed by atoms with Gasteiger partial charge in [0.05, 0.1) is 18.9 Å². The van der Waals surface area contributed by atoms with Gasteiger partial charge >= 0.3 is 24.4 Å². The molecule has 0 aliphatic carbocycles. The number of nitrogens with one attached hydrogen (secondary N) is 1. The molecule has 1 unspecified atom stereocenters. The molecular formula is C22H30F6N2O6. The van der Waals surface area contributed by atoms with Gasteiger partial charge in [-0.05, 0) is 53.0 Å². The third-order valence-corrected chi connectivity index (χ3v) is 4.59. The summed E-state index contributed by atoms with van der Waals surface area (Å²) in [6.45, 7) is 6.02. The molecule has 1 aromatic rings. The molecule has 0 saturated carbocycles. The summed E-state index contributed by atoms with van der Waals surface area (Å²) in [6, 6.07) is 0.476. The van der Waals surface area contributed by atoms with E-state index in [2.05, 4.69) is 15.0 Å². The number of esters is 1. The van der Waals surface area contributed by atoms with E-state index in [0.717, 1.165) is 7.11 Å². The Hall–Kier alpha value is -2.77. The van der Waals surface area contributed by atoms with Crippen molar-refractivity contribution < 1.29 is 55.2 Å². The lowest BCUT2D eigenvalue weighted by atomic mass is 10.1. The molecule has 0 aliphatic heterocycles. The molecule has 2 N–H and O–H groups in total. The van der Waals surface area contributed by atoms with Crippen LogP contribution >= 0.6 is 0 Å². The van der Waals surface area contributed by atoms with E-state index in [0.29, 0.717) is 12.5 Å². The number of rotatable bonds is 10. The van der Waals surface area contributed by atoms with Gasteiger partial charge in [-0.3, -0.25) is 5.32 Å². The van der Waals surface area contributed by atoms with Crippen LogP contribution in [-0.4, -0.2) is 53.2 Å². The number of hydrogen-bond donors (Lipinski definition) is 2. The van der Waals surface area contributed by atoms with Gasteiger partial charge in [-0.25, -0.2) is 14.6 Å². The van der Waals surface area contributed by atoms with Crippen LogP contribution < -0.4 is 10.1 Å². The second-order valence-corrected chi connectivity index (χ2v) is 8.98. The zero-order valence-electron chi connectivity index (χ0n) is 20.5. The van der Waals surface area contributed by atoms with Crippen LogP contribution in [0.15, 0.2) is 6.07 Å². The summed E-state index contributed by atoms with van der Waals surface area (Å²) in [5, 5.41) is 11.0. The quantitative estimate of drug-likeness (QED) is 0.220. The van der Waals surface area contributed by atoms with Gasteiger partial charge in [0.15, 0.2) is 5.69 Å². The molecule has 0 radical (unpaired) electrons. The fraction of sp³-hybridized carbons (Fsp3) is 0.682. The van der Waals surface area contributed by atoms with E-state index in [4.69, 9.17) is 14.6 Å². The molecular weight excluding hydrogens is 502 g/mol. The summed E-state index contributed by atoms with van der Waals surface area (Å²) in [4.78, 5) is 27.9. The van der Waals surface area contributed by atoms with Crippen LogP contribution in [0.2, 0.25) is 0 Å². The van der Waals surface area contributed by atoms with Crippen molar-refractivity contribution in [3.63, 3.8) is 0 Å². The number of aliphatic hydroxyl groups is 1. The maximum absolute atomic E-state index is 13.7. The van der Waals surface area contributed by atoms with Crippen LogP contribution in [0.5, 0.6) is 5.88 Å². The Morgan fingerprint density at radius 2 is 1.64 bits per heavy atom. The van der Waals surface area contributed by atoms with E-state index in [1.807, 2.05) is 0 Å². The Morgan fingerprint density at radius 3 is 2.14 bits per heavy atom. The molecule has 0 fully saturated rings. The van der Waals surface area contributed by atoms with Crippen molar-refractivity contribution in [2.75, 3.05) is 12.4 Å². The molecule has 0 aromatic carbocycles. The van der Waals surface area contributed by atoms with Crippen molar-refractivity contribution in [3.05, 3.63) is 17.3 Å². The highest BCUT2D eigenvalue weighted by atomic mass is 19.4. The number of hydrogen-bond acceptors (Lipinski definition) is 7. The molecule has 0 saturated heterocycles. The fourth-order valence-corrected chi connectivity index (χ4v) is 2.91. The number of alkyl halides is 6. The summed E-state index contributed by atoms with van der Waals surface area (Å²) in [7, 11) is 0.970. The van der Waals surface area contributed by atoms with Crippen LogP contribution in [0.4, 0.5) is 36.8 Å². The fourth-order valence-electron chi connectivity index (χ4n) is 2.91. The van der Waals surface area contributed by atoms with Gasteiger partial charge in [0.2, 0.25) is 5.88 Å². The number of anilines is 1. The van der Waals surface area contributed by atoms with Crippen LogP contribution in [0.1, 0.15) is 75.9 Å². The van der Waals surface area contributed by atoms with E-state index in [9.17, 15) is 35.9 Å². The summed E-state index contributed by atoms with van der Waals surface area (Å²) in [6.07, 6.45) is -13.8. The first kappa shape index (κ1) is 31.3. The van der Waals surface area contributed by atoms with Crippen LogP contribution in [0.25, 0.3) is 0 Å². The van der Waals surface area contributed by atoms with Gasteiger partial charge < -0.3 is 19.3 Å². The topological polar surface area (TPSA) is 107 Å². The molecule has 2 atom stereocenters.